The van der Waals surface area contributed by atoms with E-state index in [4.69, 9.17) is 16.3 Å². The minimum absolute atomic E-state index is 0.106. The fourth-order valence-corrected chi connectivity index (χ4v) is 1.31. The Kier molecular flexibility index (Phi) is 4.54. The Hall–Kier alpha value is -1.11. The summed E-state index contributed by atoms with van der Waals surface area (Å²) in [5.74, 6) is 6.05. The van der Waals surface area contributed by atoms with E-state index in [0.29, 0.717) is 12.4 Å². The molecule has 0 saturated carbocycles. The topological polar surface area (TPSA) is 91.1 Å². The summed E-state index contributed by atoms with van der Waals surface area (Å²) in [6.07, 6.45) is 2.69. The lowest BCUT2D eigenvalue weighted by Crippen LogP contribution is -2.31. The van der Waals surface area contributed by atoms with Gasteiger partial charge in [-0.05, 0) is 6.42 Å². The average Bonchev–Trinajstić information content (AvgIpc) is 2.56. The van der Waals surface area contributed by atoms with Gasteiger partial charge in [-0.3, -0.25) is 16.0 Å². The molecule has 0 aliphatic rings. The van der Waals surface area contributed by atoms with Crippen LogP contribution in [0.2, 0.25) is 0 Å². The van der Waals surface area contributed by atoms with Crippen molar-refractivity contribution in [1.82, 2.24) is 15.2 Å². The maximum Gasteiger partial charge on any atom is 0.126 e. The van der Waals surface area contributed by atoms with E-state index in [9.17, 15) is 0 Å². The molecule has 1 aromatic heterocycles. The summed E-state index contributed by atoms with van der Waals surface area (Å²) in [6.45, 7) is 3.28. The van der Waals surface area contributed by atoms with Gasteiger partial charge >= 0.3 is 0 Å². The summed E-state index contributed by atoms with van der Waals surface area (Å²) in [7, 11) is 1.79. The fraction of sp³-hybridized carbons (Fsp3) is 0.667. The number of nitrogens with one attached hydrogen (secondary N) is 1. The second kappa shape index (κ2) is 5.69. The molecule has 5 N–H and O–H groups in total. The van der Waals surface area contributed by atoms with Crippen LogP contribution < -0.4 is 17.0 Å². The van der Waals surface area contributed by atoms with Crippen molar-refractivity contribution in [1.29, 1.82) is 0 Å². The summed E-state index contributed by atoms with van der Waals surface area (Å²) < 4.78 is 7.03. The summed E-state index contributed by atoms with van der Waals surface area (Å²) in [5, 5.41) is 4.05. The molecule has 0 fully saturated rings. The molecule has 0 aliphatic heterocycles. The van der Waals surface area contributed by atoms with E-state index in [1.807, 2.05) is 0 Å². The van der Waals surface area contributed by atoms with E-state index in [1.165, 1.54) is 0 Å². The molecular weight excluding hydrogens is 194 g/mol. The maximum atomic E-state index is 5.83. The fourth-order valence-electron chi connectivity index (χ4n) is 1.31. The minimum atomic E-state index is -0.106. The Balaban J connectivity index is 2.61. The summed E-state index contributed by atoms with van der Waals surface area (Å²) in [6, 6.07) is -0.106. The lowest BCUT2D eigenvalue weighted by molar-refractivity contribution is 0.112. The molecule has 0 aliphatic carbocycles. The zero-order chi connectivity index (χ0) is 11.3. The van der Waals surface area contributed by atoms with Gasteiger partial charge < -0.3 is 10.5 Å². The molecule has 1 rings (SSSR count). The number of nitrogens with two attached hydrogens (primary N) is 2. The normalized spacial score (nSPS) is 13.0. The number of aryl methyl sites for hydroxylation is 1. The summed E-state index contributed by atoms with van der Waals surface area (Å²) in [5.41, 5.74) is 9.38. The molecule has 0 amide bonds. The van der Waals surface area contributed by atoms with Crippen molar-refractivity contribution in [3.63, 3.8) is 0 Å². The van der Waals surface area contributed by atoms with Gasteiger partial charge in [-0.15, -0.1) is 0 Å². The van der Waals surface area contributed by atoms with E-state index in [2.05, 4.69) is 17.4 Å². The second-order valence-corrected chi connectivity index (χ2v) is 3.40. The van der Waals surface area contributed by atoms with Crippen LogP contribution in [-0.4, -0.2) is 23.0 Å². The highest BCUT2D eigenvalue weighted by Gasteiger charge is 2.15. The standard InChI is InChI=1S/C9H19N5O/c1-3-4-15-6-8(13-11)7-5-12-14(2)9(7)10/h5,8,13H,3-4,6,10-11H2,1-2H3. The molecular formula is C9H19N5O. The third-order valence-corrected chi connectivity index (χ3v) is 2.22. The molecule has 0 spiro atoms. The molecule has 6 nitrogen and oxygen atoms in total. The third-order valence-electron chi connectivity index (χ3n) is 2.22. The minimum Gasteiger partial charge on any atom is -0.384 e. The molecule has 15 heavy (non-hydrogen) atoms. The van der Waals surface area contributed by atoms with Crippen LogP contribution >= 0.6 is 0 Å². The third kappa shape index (κ3) is 2.92. The number of rotatable bonds is 6. The van der Waals surface area contributed by atoms with Crippen molar-refractivity contribution in [3.8, 4) is 0 Å². The van der Waals surface area contributed by atoms with Crippen LogP contribution in [0, 0.1) is 0 Å². The second-order valence-electron chi connectivity index (χ2n) is 3.40. The number of nitrogens with zero attached hydrogens (tertiary/aromatic N) is 2. The van der Waals surface area contributed by atoms with Crippen molar-refractivity contribution in [2.24, 2.45) is 12.9 Å². The smallest absolute Gasteiger partial charge is 0.126 e. The molecule has 1 unspecified atom stereocenters. The van der Waals surface area contributed by atoms with Crippen LogP contribution in [0.15, 0.2) is 6.20 Å². The van der Waals surface area contributed by atoms with Gasteiger partial charge in [-0.1, -0.05) is 6.92 Å². The molecule has 1 atom stereocenters. The van der Waals surface area contributed by atoms with E-state index < -0.39 is 0 Å². The Labute approximate surface area is 89.5 Å². The van der Waals surface area contributed by atoms with Crippen molar-refractivity contribution < 1.29 is 4.74 Å². The summed E-state index contributed by atoms with van der Waals surface area (Å²) in [4.78, 5) is 0. The van der Waals surface area contributed by atoms with Crippen LogP contribution in [0.4, 0.5) is 5.82 Å². The molecule has 1 aromatic rings. The van der Waals surface area contributed by atoms with Crippen LogP contribution in [-0.2, 0) is 11.8 Å². The maximum absolute atomic E-state index is 5.83. The Bertz CT molecular complexity index is 299. The zero-order valence-electron chi connectivity index (χ0n) is 9.23. The van der Waals surface area contributed by atoms with Crippen LogP contribution in [0.1, 0.15) is 24.9 Å². The molecule has 6 heteroatoms. The zero-order valence-corrected chi connectivity index (χ0v) is 9.23. The SMILES string of the molecule is CCCOCC(NN)c1cnn(C)c1N. The lowest BCUT2D eigenvalue weighted by atomic mass is 10.1. The summed E-state index contributed by atoms with van der Waals surface area (Å²) >= 11 is 0. The first kappa shape index (κ1) is 12.0. The van der Waals surface area contributed by atoms with Gasteiger partial charge in [0.2, 0.25) is 0 Å². The van der Waals surface area contributed by atoms with Crippen molar-refractivity contribution in [3.05, 3.63) is 11.8 Å². The van der Waals surface area contributed by atoms with E-state index >= 15 is 0 Å². The molecule has 0 saturated heterocycles. The highest BCUT2D eigenvalue weighted by Crippen LogP contribution is 2.18. The van der Waals surface area contributed by atoms with E-state index in [-0.39, 0.29) is 6.04 Å². The van der Waals surface area contributed by atoms with Crippen LogP contribution in [0.25, 0.3) is 0 Å². The number of hydrogen-bond acceptors (Lipinski definition) is 5. The highest BCUT2D eigenvalue weighted by molar-refractivity contribution is 5.40. The van der Waals surface area contributed by atoms with Crippen molar-refractivity contribution >= 4 is 5.82 Å². The molecule has 0 bridgehead atoms. The van der Waals surface area contributed by atoms with Gasteiger partial charge in [0, 0.05) is 19.2 Å². The molecule has 0 aromatic carbocycles. The van der Waals surface area contributed by atoms with Gasteiger partial charge in [-0.25, -0.2) is 0 Å². The van der Waals surface area contributed by atoms with Gasteiger partial charge in [0.1, 0.15) is 5.82 Å². The quantitative estimate of drug-likeness (QED) is 0.349. The number of hydrazine groups is 1. The molecule has 86 valence electrons. The predicted octanol–water partition coefficient (Wildman–Crippen LogP) is -0.0667. The average molecular weight is 213 g/mol. The van der Waals surface area contributed by atoms with Gasteiger partial charge in [-0.2, -0.15) is 5.10 Å². The van der Waals surface area contributed by atoms with E-state index in [0.717, 1.165) is 18.6 Å². The lowest BCUT2D eigenvalue weighted by Gasteiger charge is -2.15. The Morgan fingerprint density at radius 1 is 1.67 bits per heavy atom. The highest BCUT2D eigenvalue weighted by atomic mass is 16.5. The van der Waals surface area contributed by atoms with Crippen molar-refractivity contribution in [2.75, 3.05) is 18.9 Å². The number of ether oxygens (including phenoxy) is 1. The van der Waals surface area contributed by atoms with Gasteiger partial charge in [0.05, 0.1) is 18.8 Å². The first-order valence-corrected chi connectivity index (χ1v) is 5.02. The van der Waals surface area contributed by atoms with Crippen LogP contribution in [0.5, 0.6) is 0 Å². The largest absolute Gasteiger partial charge is 0.384 e. The first-order valence-electron chi connectivity index (χ1n) is 5.02. The number of nitrogen functional groups attached to an aromatic ring is 1. The van der Waals surface area contributed by atoms with Crippen molar-refractivity contribution in [2.45, 2.75) is 19.4 Å². The predicted molar refractivity (Wildman–Crippen MR) is 58.8 cm³/mol. The monoisotopic (exact) mass is 213 g/mol. The Morgan fingerprint density at radius 3 is 2.87 bits per heavy atom. The Morgan fingerprint density at radius 2 is 2.40 bits per heavy atom. The van der Waals surface area contributed by atoms with Gasteiger partial charge in [0.15, 0.2) is 0 Å². The molecule has 0 radical (unpaired) electrons. The number of anilines is 1. The first-order chi connectivity index (χ1) is 7.20. The van der Waals surface area contributed by atoms with Gasteiger partial charge in [0.25, 0.3) is 0 Å². The molecule has 1 heterocycles. The number of aromatic nitrogens is 2. The van der Waals surface area contributed by atoms with Crippen LogP contribution in [0.3, 0.4) is 0 Å². The van der Waals surface area contributed by atoms with E-state index in [1.54, 1.807) is 17.9 Å². The number of hydrogen-bond donors (Lipinski definition) is 3.